The van der Waals surface area contributed by atoms with Crippen molar-refractivity contribution >= 4 is 16.8 Å². The fourth-order valence-electron chi connectivity index (χ4n) is 4.41. The quantitative estimate of drug-likeness (QED) is 0.407. The number of aryl methyl sites for hydroxylation is 1. The Morgan fingerprint density at radius 1 is 1.00 bits per heavy atom. The third-order valence-corrected chi connectivity index (χ3v) is 6.29. The van der Waals surface area contributed by atoms with Crippen molar-refractivity contribution in [2.45, 2.75) is 32.4 Å². The Morgan fingerprint density at radius 2 is 1.76 bits per heavy atom. The number of rotatable bonds is 6. The van der Waals surface area contributed by atoms with E-state index in [-0.39, 0.29) is 11.9 Å². The highest BCUT2D eigenvalue weighted by Crippen LogP contribution is 2.30. The summed E-state index contributed by atoms with van der Waals surface area (Å²) in [6.45, 7) is 4.99. The molecule has 1 aliphatic heterocycles. The number of carbonyl (C=O) groups excluding carboxylic acids is 1. The number of amides is 1. The summed E-state index contributed by atoms with van der Waals surface area (Å²) < 4.78 is 6.09. The van der Waals surface area contributed by atoms with Gasteiger partial charge in [0.25, 0.3) is 5.91 Å². The van der Waals surface area contributed by atoms with Gasteiger partial charge in [0.2, 0.25) is 0 Å². The van der Waals surface area contributed by atoms with Crippen LogP contribution in [0.3, 0.4) is 0 Å². The van der Waals surface area contributed by atoms with E-state index in [1.807, 2.05) is 54.6 Å². The van der Waals surface area contributed by atoms with Crippen molar-refractivity contribution in [3.05, 3.63) is 95.7 Å². The minimum atomic E-state index is -0.0611. The number of nitrogens with one attached hydrogen (secondary N) is 2. The Kier molecular flexibility index (Phi) is 6.13. The Hall–Kier alpha value is -3.57. The van der Waals surface area contributed by atoms with Gasteiger partial charge in [-0.05, 0) is 55.7 Å². The van der Waals surface area contributed by atoms with E-state index in [0.29, 0.717) is 5.69 Å². The smallest absolute Gasteiger partial charge is 0.267 e. The number of benzene rings is 3. The lowest BCUT2D eigenvalue weighted by atomic mass is 10.0. The maximum atomic E-state index is 13.0. The van der Waals surface area contributed by atoms with Crippen LogP contribution in [0.25, 0.3) is 10.9 Å². The molecule has 0 atom stereocenters. The summed E-state index contributed by atoms with van der Waals surface area (Å²) in [6.07, 6.45) is 1.92. The molecule has 2 heterocycles. The zero-order valence-corrected chi connectivity index (χ0v) is 18.9. The van der Waals surface area contributed by atoms with Gasteiger partial charge in [0.05, 0.1) is 0 Å². The first-order chi connectivity index (χ1) is 16.1. The van der Waals surface area contributed by atoms with Crippen LogP contribution in [-0.2, 0) is 6.54 Å². The highest BCUT2D eigenvalue weighted by atomic mass is 16.5. The van der Waals surface area contributed by atoms with Gasteiger partial charge in [0, 0.05) is 36.6 Å². The van der Waals surface area contributed by atoms with Crippen LogP contribution in [-0.4, -0.2) is 34.9 Å². The molecule has 5 rings (SSSR count). The lowest BCUT2D eigenvalue weighted by molar-refractivity contribution is 0.0904. The molecule has 1 aromatic heterocycles. The average molecular weight is 440 g/mol. The summed E-state index contributed by atoms with van der Waals surface area (Å²) in [5, 5.41) is 4.12. The molecule has 3 aromatic carbocycles. The lowest BCUT2D eigenvalue weighted by Gasteiger charge is -2.32. The number of hydrogen-bond donors (Lipinski definition) is 2. The van der Waals surface area contributed by atoms with Crippen LogP contribution in [0.15, 0.2) is 78.9 Å². The fourth-order valence-corrected chi connectivity index (χ4v) is 4.41. The molecule has 5 nitrogen and oxygen atoms in total. The second-order valence-corrected chi connectivity index (χ2v) is 8.82. The summed E-state index contributed by atoms with van der Waals surface area (Å²) >= 11 is 0. The Labute approximate surface area is 194 Å². The second-order valence-electron chi connectivity index (χ2n) is 8.82. The molecule has 4 aromatic rings. The Bertz CT molecular complexity index is 1220. The fraction of sp³-hybridized carbons (Fsp3) is 0.250. The number of H-pyrrole nitrogens is 1. The van der Waals surface area contributed by atoms with Gasteiger partial charge in [-0.3, -0.25) is 9.69 Å². The van der Waals surface area contributed by atoms with E-state index in [2.05, 4.69) is 46.4 Å². The van der Waals surface area contributed by atoms with Crippen molar-refractivity contribution in [1.82, 2.24) is 15.2 Å². The summed E-state index contributed by atoms with van der Waals surface area (Å²) in [7, 11) is 0. The first-order valence-corrected chi connectivity index (χ1v) is 11.6. The van der Waals surface area contributed by atoms with Crippen LogP contribution < -0.4 is 10.1 Å². The highest BCUT2D eigenvalue weighted by molar-refractivity contribution is 5.99. The summed E-state index contributed by atoms with van der Waals surface area (Å²) in [5.41, 5.74) is 3.98. The molecule has 168 valence electrons. The maximum Gasteiger partial charge on any atom is 0.267 e. The van der Waals surface area contributed by atoms with Gasteiger partial charge in [0.1, 0.15) is 17.2 Å². The Balaban J connectivity index is 1.21. The molecule has 1 saturated heterocycles. The topological polar surface area (TPSA) is 57.4 Å². The molecule has 5 heteroatoms. The highest BCUT2D eigenvalue weighted by Gasteiger charge is 2.22. The SMILES string of the molecule is Cc1ccc(Oc2cccc3[nH]c(C(=O)NC4CCN(Cc5ccccc5)CC4)cc23)cc1. The van der Waals surface area contributed by atoms with Gasteiger partial charge < -0.3 is 15.0 Å². The van der Waals surface area contributed by atoms with Crippen LogP contribution in [0.5, 0.6) is 11.5 Å². The van der Waals surface area contributed by atoms with Crippen LogP contribution in [0, 0.1) is 6.92 Å². The van der Waals surface area contributed by atoms with Gasteiger partial charge >= 0.3 is 0 Å². The first-order valence-electron chi connectivity index (χ1n) is 11.6. The summed E-state index contributed by atoms with van der Waals surface area (Å²) in [6, 6.07) is 26.4. The Morgan fingerprint density at radius 3 is 2.52 bits per heavy atom. The molecule has 0 spiro atoms. The molecule has 1 amide bonds. The maximum absolute atomic E-state index is 13.0. The van der Waals surface area contributed by atoms with Crippen molar-refractivity contribution < 1.29 is 9.53 Å². The molecule has 0 bridgehead atoms. The van der Waals surface area contributed by atoms with Gasteiger partial charge in [-0.25, -0.2) is 0 Å². The van der Waals surface area contributed by atoms with E-state index in [4.69, 9.17) is 4.74 Å². The summed E-state index contributed by atoms with van der Waals surface area (Å²) in [4.78, 5) is 18.7. The zero-order valence-electron chi connectivity index (χ0n) is 18.9. The van der Waals surface area contributed by atoms with Crippen molar-refractivity contribution in [1.29, 1.82) is 0 Å². The summed E-state index contributed by atoms with van der Waals surface area (Å²) in [5.74, 6) is 1.46. The van der Waals surface area contributed by atoms with Gasteiger partial charge in [-0.2, -0.15) is 0 Å². The van der Waals surface area contributed by atoms with Crippen molar-refractivity contribution in [3.63, 3.8) is 0 Å². The number of aromatic nitrogens is 1. The molecular weight excluding hydrogens is 410 g/mol. The molecule has 0 unspecified atom stereocenters. The molecule has 1 fully saturated rings. The van der Waals surface area contributed by atoms with Crippen molar-refractivity contribution in [3.8, 4) is 11.5 Å². The number of aromatic amines is 1. The third kappa shape index (κ3) is 5.10. The largest absolute Gasteiger partial charge is 0.457 e. The predicted molar refractivity (Wildman–Crippen MR) is 132 cm³/mol. The van der Waals surface area contributed by atoms with Crippen LogP contribution in [0.2, 0.25) is 0 Å². The number of carbonyl (C=O) groups is 1. The number of fused-ring (bicyclic) bond motifs is 1. The van der Waals surface area contributed by atoms with E-state index in [1.54, 1.807) is 0 Å². The number of piperidine rings is 1. The molecule has 0 radical (unpaired) electrons. The van der Waals surface area contributed by atoms with E-state index in [1.165, 1.54) is 11.1 Å². The molecular formula is C28H29N3O2. The lowest BCUT2D eigenvalue weighted by Crippen LogP contribution is -2.44. The van der Waals surface area contributed by atoms with Crippen molar-refractivity contribution in [2.75, 3.05) is 13.1 Å². The average Bonchev–Trinajstić information content (AvgIpc) is 3.28. The minimum absolute atomic E-state index is 0.0611. The third-order valence-electron chi connectivity index (χ3n) is 6.29. The van der Waals surface area contributed by atoms with Gasteiger partial charge in [-0.1, -0.05) is 54.1 Å². The number of likely N-dealkylation sites (tertiary alicyclic amines) is 1. The van der Waals surface area contributed by atoms with Crippen LogP contribution in [0.1, 0.15) is 34.5 Å². The normalized spacial score (nSPS) is 14.9. The minimum Gasteiger partial charge on any atom is -0.457 e. The molecule has 1 aliphatic rings. The van der Waals surface area contributed by atoms with E-state index >= 15 is 0 Å². The van der Waals surface area contributed by atoms with Crippen LogP contribution >= 0.6 is 0 Å². The second kappa shape index (κ2) is 9.51. The van der Waals surface area contributed by atoms with E-state index in [0.717, 1.165) is 54.9 Å². The monoisotopic (exact) mass is 439 g/mol. The number of ether oxygens (including phenoxy) is 1. The number of nitrogens with zero attached hydrogens (tertiary/aromatic N) is 1. The first kappa shape index (κ1) is 21.3. The van der Waals surface area contributed by atoms with E-state index < -0.39 is 0 Å². The van der Waals surface area contributed by atoms with E-state index in [9.17, 15) is 4.79 Å². The molecule has 2 N–H and O–H groups in total. The van der Waals surface area contributed by atoms with Gasteiger partial charge in [0.15, 0.2) is 0 Å². The zero-order chi connectivity index (χ0) is 22.6. The predicted octanol–water partition coefficient (Wildman–Crippen LogP) is 5.66. The van der Waals surface area contributed by atoms with Crippen molar-refractivity contribution in [2.24, 2.45) is 0 Å². The molecule has 33 heavy (non-hydrogen) atoms. The van der Waals surface area contributed by atoms with Gasteiger partial charge in [-0.15, -0.1) is 0 Å². The van der Waals surface area contributed by atoms with Crippen LogP contribution in [0.4, 0.5) is 0 Å². The molecule has 0 aliphatic carbocycles. The number of hydrogen-bond acceptors (Lipinski definition) is 3. The molecule has 0 saturated carbocycles. The standard InChI is InChI=1S/C28H29N3O2/c1-20-10-12-23(13-11-20)33-27-9-5-8-25-24(27)18-26(30-25)28(32)29-22-14-16-31(17-15-22)19-21-6-3-2-4-7-21/h2-13,18,22,30H,14-17,19H2,1H3,(H,29,32).